The Bertz CT molecular complexity index is 3130. The summed E-state index contributed by atoms with van der Waals surface area (Å²) in [6, 6.07) is 77.3. The van der Waals surface area contributed by atoms with E-state index < -0.39 is 5.41 Å². The van der Waals surface area contributed by atoms with Crippen LogP contribution in [0.5, 0.6) is 11.5 Å². The third-order valence-corrected chi connectivity index (χ3v) is 12.3. The van der Waals surface area contributed by atoms with Crippen molar-refractivity contribution in [2.45, 2.75) is 5.41 Å². The second-order valence-corrected chi connectivity index (χ2v) is 15.2. The first-order valence-corrected chi connectivity index (χ1v) is 19.7. The normalized spacial score (nSPS) is 13.2. The van der Waals surface area contributed by atoms with Gasteiger partial charge in [-0.1, -0.05) is 176 Å². The van der Waals surface area contributed by atoms with Crippen molar-refractivity contribution in [3.63, 3.8) is 0 Å². The quantitative estimate of drug-likeness (QED) is 0.179. The molecule has 2 nitrogen and oxygen atoms in total. The third-order valence-electron chi connectivity index (χ3n) is 12.3. The molecule has 0 N–H and O–H groups in total. The molecule has 266 valence electrons. The van der Waals surface area contributed by atoms with E-state index in [1.54, 1.807) is 0 Å². The Morgan fingerprint density at radius 1 is 0.333 bits per heavy atom. The molecule has 0 fully saturated rings. The number of para-hydroxylation sites is 1. The molecule has 2 heteroatoms. The maximum absolute atomic E-state index is 7.13. The van der Waals surface area contributed by atoms with Gasteiger partial charge in [-0.05, 0) is 85.9 Å². The van der Waals surface area contributed by atoms with E-state index >= 15 is 0 Å². The van der Waals surface area contributed by atoms with E-state index in [0.717, 1.165) is 39.3 Å². The van der Waals surface area contributed by atoms with Gasteiger partial charge in [0.15, 0.2) is 0 Å². The first kappa shape index (κ1) is 31.9. The summed E-state index contributed by atoms with van der Waals surface area (Å²) in [4.78, 5) is 2.36. The molecule has 0 amide bonds. The summed E-state index contributed by atoms with van der Waals surface area (Å²) in [5.41, 5.74) is 12.7. The summed E-state index contributed by atoms with van der Waals surface area (Å²) in [7, 11) is 0. The van der Waals surface area contributed by atoms with E-state index in [4.69, 9.17) is 4.74 Å². The summed E-state index contributed by atoms with van der Waals surface area (Å²) in [6.45, 7) is 0. The van der Waals surface area contributed by atoms with Crippen LogP contribution in [0.2, 0.25) is 0 Å². The van der Waals surface area contributed by atoms with E-state index in [1.807, 2.05) is 0 Å². The monoisotopic (exact) mass is 725 g/mol. The molecule has 2 aliphatic rings. The number of hydrogen-bond acceptors (Lipinski definition) is 2. The Morgan fingerprint density at radius 3 is 1.54 bits per heavy atom. The Kier molecular flexibility index (Phi) is 6.88. The molecule has 0 aromatic heterocycles. The van der Waals surface area contributed by atoms with Gasteiger partial charge in [0.25, 0.3) is 0 Å². The van der Waals surface area contributed by atoms with Crippen molar-refractivity contribution >= 4 is 49.4 Å². The Labute approximate surface area is 331 Å². The van der Waals surface area contributed by atoms with Gasteiger partial charge in [0.1, 0.15) is 11.5 Å². The van der Waals surface area contributed by atoms with Crippen molar-refractivity contribution in [1.29, 1.82) is 0 Å². The van der Waals surface area contributed by atoms with Gasteiger partial charge < -0.3 is 9.64 Å². The number of hydrogen-bond donors (Lipinski definition) is 0. The van der Waals surface area contributed by atoms with Crippen molar-refractivity contribution < 1.29 is 4.74 Å². The predicted octanol–water partition coefficient (Wildman–Crippen LogP) is 14.8. The minimum Gasteiger partial charge on any atom is -0.455 e. The molecule has 0 saturated heterocycles. The minimum absolute atomic E-state index is 0.556. The first-order chi connectivity index (χ1) is 28.3. The predicted molar refractivity (Wildman–Crippen MR) is 236 cm³/mol. The zero-order chi connectivity index (χ0) is 37.5. The molecular formula is C55H35NO. The fourth-order valence-corrected chi connectivity index (χ4v) is 9.80. The van der Waals surface area contributed by atoms with E-state index in [9.17, 15) is 0 Å². The highest BCUT2D eigenvalue weighted by Crippen LogP contribution is 2.64. The number of fused-ring (bicyclic) bond motifs is 14. The number of anilines is 3. The second-order valence-electron chi connectivity index (χ2n) is 15.2. The SMILES string of the molecule is c1ccc(N(c2ccc(-c3ccc4c(c3)-c3ccccc3C43c4ccc5ccccc5c4Oc4c3ccc3ccccc43)cc2)c2cccc3ccccc23)cc1. The zero-order valence-electron chi connectivity index (χ0n) is 31.1. The van der Waals surface area contributed by atoms with Gasteiger partial charge in [-0.3, -0.25) is 0 Å². The van der Waals surface area contributed by atoms with Crippen molar-refractivity contribution in [1.82, 2.24) is 0 Å². The van der Waals surface area contributed by atoms with E-state index in [1.165, 1.54) is 66.1 Å². The Hall–Kier alpha value is -7.42. The Balaban J connectivity index is 1.04. The maximum atomic E-state index is 7.13. The fourth-order valence-electron chi connectivity index (χ4n) is 9.80. The van der Waals surface area contributed by atoms with Gasteiger partial charge in [-0.15, -0.1) is 0 Å². The van der Waals surface area contributed by atoms with Crippen LogP contribution in [0.4, 0.5) is 17.1 Å². The molecule has 12 rings (SSSR count). The highest BCUT2D eigenvalue weighted by atomic mass is 16.5. The smallest absolute Gasteiger partial charge is 0.140 e. The van der Waals surface area contributed by atoms with Gasteiger partial charge in [0.2, 0.25) is 0 Å². The number of benzene rings is 10. The molecule has 1 aliphatic carbocycles. The summed E-state index contributed by atoms with van der Waals surface area (Å²) < 4.78 is 7.13. The van der Waals surface area contributed by atoms with Crippen LogP contribution in [0, 0.1) is 0 Å². The third kappa shape index (κ3) is 4.59. The second kappa shape index (κ2) is 12.3. The van der Waals surface area contributed by atoms with Crippen LogP contribution in [-0.2, 0) is 5.41 Å². The largest absolute Gasteiger partial charge is 0.455 e. The first-order valence-electron chi connectivity index (χ1n) is 19.7. The van der Waals surface area contributed by atoms with Gasteiger partial charge in [-0.25, -0.2) is 0 Å². The van der Waals surface area contributed by atoms with Gasteiger partial charge >= 0.3 is 0 Å². The van der Waals surface area contributed by atoms with Crippen LogP contribution in [0.25, 0.3) is 54.6 Å². The average molecular weight is 726 g/mol. The van der Waals surface area contributed by atoms with Crippen LogP contribution in [0.1, 0.15) is 22.3 Å². The molecule has 1 aliphatic heterocycles. The molecule has 1 spiro atoms. The average Bonchev–Trinajstić information content (AvgIpc) is 3.57. The summed E-state index contributed by atoms with van der Waals surface area (Å²) in [5.74, 6) is 1.88. The van der Waals surface area contributed by atoms with Gasteiger partial charge in [-0.2, -0.15) is 0 Å². The van der Waals surface area contributed by atoms with E-state index in [-0.39, 0.29) is 0 Å². The molecule has 0 unspecified atom stereocenters. The Morgan fingerprint density at radius 2 is 0.842 bits per heavy atom. The minimum atomic E-state index is -0.556. The standard InChI is InChI=1S/C55H35NO/c1-2-17-41(18-3-1)56(52-24-12-16-37-13-4-7-19-43(37)52)42-30-25-36(26-31-42)40-29-32-49-47(35-40)46-22-10-11-23-48(46)55(49)50-33-27-38-14-5-8-20-44(38)53(50)57-54-45-21-9-6-15-39(45)28-34-51(54)55/h1-35H. The topological polar surface area (TPSA) is 12.5 Å². The maximum Gasteiger partial charge on any atom is 0.140 e. The van der Waals surface area contributed by atoms with Crippen LogP contribution in [0.3, 0.4) is 0 Å². The number of ether oxygens (including phenoxy) is 1. The molecule has 10 aromatic rings. The number of nitrogens with zero attached hydrogens (tertiary/aromatic N) is 1. The zero-order valence-corrected chi connectivity index (χ0v) is 31.1. The van der Waals surface area contributed by atoms with Crippen molar-refractivity contribution in [2.75, 3.05) is 4.90 Å². The molecular weight excluding hydrogens is 691 g/mol. The highest BCUT2D eigenvalue weighted by molar-refractivity contribution is 6.01. The van der Waals surface area contributed by atoms with Crippen molar-refractivity contribution in [3.8, 4) is 33.8 Å². The fraction of sp³-hybridized carbons (Fsp3) is 0.0182. The van der Waals surface area contributed by atoms with Crippen LogP contribution in [-0.4, -0.2) is 0 Å². The molecule has 0 atom stereocenters. The van der Waals surface area contributed by atoms with Crippen LogP contribution >= 0.6 is 0 Å². The van der Waals surface area contributed by atoms with Crippen LogP contribution in [0.15, 0.2) is 212 Å². The number of rotatable bonds is 4. The molecule has 57 heavy (non-hydrogen) atoms. The molecule has 1 heterocycles. The lowest BCUT2D eigenvalue weighted by Gasteiger charge is -2.40. The molecule has 0 radical (unpaired) electrons. The highest BCUT2D eigenvalue weighted by Gasteiger charge is 2.51. The van der Waals surface area contributed by atoms with Crippen LogP contribution < -0.4 is 9.64 Å². The van der Waals surface area contributed by atoms with E-state index in [0.29, 0.717) is 0 Å². The van der Waals surface area contributed by atoms with Gasteiger partial charge in [0, 0.05) is 38.7 Å². The summed E-state index contributed by atoms with van der Waals surface area (Å²) >= 11 is 0. The lowest BCUT2D eigenvalue weighted by Crippen LogP contribution is -2.32. The molecule has 0 bridgehead atoms. The van der Waals surface area contributed by atoms with Crippen molar-refractivity contribution in [3.05, 3.63) is 235 Å². The lowest BCUT2D eigenvalue weighted by molar-refractivity contribution is 0.447. The van der Waals surface area contributed by atoms with Crippen molar-refractivity contribution in [2.24, 2.45) is 0 Å². The molecule has 10 aromatic carbocycles. The summed E-state index contributed by atoms with van der Waals surface area (Å²) in [6.07, 6.45) is 0. The molecule has 0 saturated carbocycles. The lowest BCUT2D eigenvalue weighted by atomic mass is 9.65. The summed E-state index contributed by atoms with van der Waals surface area (Å²) in [5, 5.41) is 7.04. The van der Waals surface area contributed by atoms with Gasteiger partial charge in [0.05, 0.1) is 11.1 Å². The van der Waals surface area contributed by atoms with E-state index in [2.05, 4.69) is 217 Å².